The van der Waals surface area contributed by atoms with Gasteiger partial charge in [-0.05, 0) is 74.1 Å². The van der Waals surface area contributed by atoms with Gasteiger partial charge in [-0.3, -0.25) is 4.79 Å². The molecule has 0 saturated carbocycles. The maximum Gasteiger partial charge on any atom is 0.311 e. The number of rotatable bonds is 15. The summed E-state index contributed by atoms with van der Waals surface area (Å²) in [5.41, 5.74) is -4.51. The average molecular weight is 865 g/mol. The van der Waals surface area contributed by atoms with E-state index in [9.17, 15) is 30.3 Å². The van der Waals surface area contributed by atoms with Crippen molar-refractivity contribution in [1.82, 2.24) is 5.32 Å². The first-order chi connectivity index (χ1) is 28.0. The highest BCUT2D eigenvalue weighted by atomic mass is 16.7. The van der Waals surface area contributed by atoms with Crippen LogP contribution in [0.5, 0.6) is 0 Å². The highest BCUT2D eigenvalue weighted by molar-refractivity contribution is 5.88. The topological polar surface area (TPSA) is 226 Å². The number of hydrogen-bond donors (Lipinski definition) is 6. The first-order valence-corrected chi connectivity index (χ1v) is 21.9. The lowest BCUT2D eigenvalue weighted by molar-refractivity contribution is -0.316. The van der Waals surface area contributed by atoms with Crippen LogP contribution in [-0.4, -0.2) is 162 Å². The van der Waals surface area contributed by atoms with Crippen LogP contribution in [-0.2, 0) is 47.5 Å². The number of cyclic esters (lactones) is 1. The Bertz CT molecular complexity index is 1340. The predicted molar refractivity (Wildman–Crippen MR) is 222 cm³/mol. The van der Waals surface area contributed by atoms with Crippen LogP contribution >= 0.6 is 0 Å². The van der Waals surface area contributed by atoms with Gasteiger partial charge in [0.25, 0.3) is 0 Å². The number of oxime groups is 1. The van der Waals surface area contributed by atoms with Crippen molar-refractivity contribution in [1.29, 1.82) is 0 Å². The van der Waals surface area contributed by atoms with Gasteiger partial charge in [-0.15, -0.1) is 0 Å². The smallest absolute Gasteiger partial charge is 0.311 e. The van der Waals surface area contributed by atoms with E-state index in [0.717, 1.165) is 6.42 Å². The molecule has 17 nitrogen and oxygen atoms in total. The van der Waals surface area contributed by atoms with Gasteiger partial charge in [0.05, 0.1) is 66.6 Å². The Morgan fingerprint density at radius 2 is 1.58 bits per heavy atom. The lowest BCUT2D eigenvalue weighted by atomic mass is 9.73. The molecule has 3 fully saturated rings. The summed E-state index contributed by atoms with van der Waals surface area (Å²) in [6.07, 6.45) is -8.76. The monoisotopic (exact) mass is 865 g/mol. The van der Waals surface area contributed by atoms with Crippen molar-refractivity contribution in [3.05, 3.63) is 0 Å². The summed E-state index contributed by atoms with van der Waals surface area (Å²) in [5.74, 6) is -4.16. The minimum atomic E-state index is -1.97. The fraction of sp³-hybridized carbons (Fsp3) is 0.953. The molecule has 0 aliphatic carbocycles. The maximum absolute atomic E-state index is 14.4. The van der Waals surface area contributed by atoms with E-state index in [2.05, 4.69) is 17.4 Å². The van der Waals surface area contributed by atoms with Gasteiger partial charge in [-0.1, -0.05) is 39.8 Å². The predicted octanol–water partition coefficient (Wildman–Crippen LogP) is 3.04. The third-order valence-corrected chi connectivity index (χ3v) is 13.1. The molecule has 3 saturated heterocycles. The molecule has 60 heavy (non-hydrogen) atoms. The van der Waals surface area contributed by atoms with Crippen molar-refractivity contribution < 1.29 is 73.1 Å². The molecule has 0 bridgehead atoms. The number of aliphatic hydroxyl groups excluding tert-OH is 3. The molecule has 17 heteroatoms. The Kier molecular flexibility index (Phi) is 20.1. The third-order valence-electron chi connectivity index (χ3n) is 13.1. The zero-order valence-electron chi connectivity index (χ0n) is 38.7. The van der Waals surface area contributed by atoms with Crippen molar-refractivity contribution in [3.8, 4) is 0 Å². The molecule has 3 rings (SSSR count). The van der Waals surface area contributed by atoms with E-state index in [0.29, 0.717) is 18.7 Å². The second-order valence-electron chi connectivity index (χ2n) is 18.3. The third kappa shape index (κ3) is 13.0. The quantitative estimate of drug-likeness (QED) is 0.0602. The Morgan fingerprint density at radius 3 is 2.18 bits per heavy atom. The molecule has 0 amide bonds. The number of carbonyl (C=O) groups is 1. The normalized spacial score (nSPS) is 45.1. The SMILES string of the molecule is CCC(C)N[C@H]1C[C@@H](C)O[C@@H](O[C@@H]2[C@@H](C)[C@H](O[C@H]3C[C@@](C)(OC)[C@@H](O)[C@H](C)O3)[C@@H](C)C(=O)O[C@H](CC)[C@@](C)(O)[C@H](O)[C@@H](C)/C(=N/OCOCCOC)[C@H](C)C[C@@]2(C)O)[C@@H]1O. The first kappa shape index (κ1) is 52.8. The summed E-state index contributed by atoms with van der Waals surface area (Å²) in [7, 11) is 3.04. The van der Waals surface area contributed by atoms with Gasteiger partial charge in [0.2, 0.25) is 6.79 Å². The molecule has 1 unspecified atom stereocenters. The van der Waals surface area contributed by atoms with Crippen LogP contribution < -0.4 is 5.32 Å². The van der Waals surface area contributed by atoms with Gasteiger partial charge >= 0.3 is 5.97 Å². The number of methoxy groups -OCH3 is 2. The van der Waals surface area contributed by atoms with E-state index < -0.39 is 102 Å². The molecular weight excluding hydrogens is 784 g/mol. The molecule has 3 heterocycles. The summed E-state index contributed by atoms with van der Waals surface area (Å²) >= 11 is 0. The Labute approximate surface area is 358 Å². The lowest BCUT2D eigenvalue weighted by Gasteiger charge is -2.49. The summed E-state index contributed by atoms with van der Waals surface area (Å²) in [5, 5.41) is 67.4. The van der Waals surface area contributed by atoms with Crippen LogP contribution in [0.2, 0.25) is 0 Å². The zero-order valence-corrected chi connectivity index (χ0v) is 38.7. The summed E-state index contributed by atoms with van der Waals surface area (Å²) in [6, 6.07) is -0.284. The molecule has 0 radical (unpaired) electrons. The number of ether oxygens (including phenoxy) is 8. The Balaban J connectivity index is 2.22. The average Bonchev–Trinajstić information content (AvgIpc) is 3.19. The van der Waals surface area contributed by atoms with Gasteiger partial charge in [0.1, 0.15) is 23.9 Å². The maximum atomic E-state index is 14.4. The number of carbonyl (C=O) groups excluding carboxylic acids is 1. The van der Waals surface area contributed by atoms with Gasteiger partial charge in [0.15, 0.2) is 12.6 Å². The van der Waals surface area contributed by atoms with Crippen LogP contribution in [0.4, 0.5) is 0 Å². The van der Waals surface area contributed by atoms with E-state index in [1.165, 1.54) is 14.0 Å². The standard InChI is InChI=1S/C43H80N2O15/c1-15-24(4)44-30-19-25(5)56-40(34(30)46)60-38-27(7)35(59-32-21-42(11,53-14)37(48)29(9)57-32)28(8)39(49)58-31(16-2)43(12,51)36(47)26(6)33(23(3)20-41(38,10)50)45-55-22-54-18-17-52-13/h23-32,34-38,40,44,46-48,50-51H,15-22H2,1-14H3/b45-33+/t23-,24?,25-,26+,27+,28-,29+,30+,31-,32+,34-,35+,36-,37+,38-,40+,41-,42-,43-/m1/s1. The van der Waals surface area contributed by atoms with Gasteiger partial charge in [-0.2, -0.15) is 0 Å². The van der Waals surface area contributed by atoms with E-state index in [1.54, 1.807) is 55.6 Å². The molecule has 0 aromatic carbocycles. The molecule has 0 spiro atoms. The van der Waals surface area contributed by atoms with E-state index >= 15 is 0 Å². The van der Waals surface area contributed by atoms with Crippen molar-refractivity contribution in [3.63, 3.8) is 0 Å². The second-order valence-corrected chi connectivity index (χ2v) is 18.3. The van der Waals surface area contributed by atoms with Crippen LogP contribution in [0.15, 0.2) is 5.16 Å². The molecule has 352 valence electrons. The molecular formula is C43H80N2O15. The van der Waals surface area contributed by atoms with Crippen molar-refractivity contribution in [2.75, 3.05) is 34.2 Å². The summed E-state index contributed by atoms with van der Waals surface area (Å²) in [4.78, 5) is 20.0. The minimum Gasteiger partial charge on any atom is -0.459 e. The fourth-order valence-electron chi connectivity index (χ4n) is 9.09. The first-order valence-electron chi connectivity index (χ1n) is 21.9. The van der Waals surface area contributed by atoms with E-state index in [4.69, 9.17) is 42.7 Å². The molecule has 0 aromatic rings. The van der Waals surface area contributed by atoms with Gasteiger partial charge in [0, 0.05) is 50.5 Å². The molecule has 3 aliphatic heterocycles. The van der Waals surface area contributed by atoms with Crippen LogP contribution in [0.25, 0.3) is 0 Å². The molecule has 19 atom stereocenters. The number of hydrogen-bond acceptors (Lipinski definition) is 17. The number of nitrogens with zero attached hydrogens (tertiary/aromatic N) is 1. The van der Waals surface area contributed by atoms with Crippen LogP contribution in [0, 0.1) is 23.7 Å². The summed E-state index contributed by atoms with van der Waals surface area (Å²) < 4.78 is 48.3. The van der Waals surface area contributed by atoms with Gasteiger partial charge < -0.3 is 73.6 Å². The summed E-state index contributed by atoms with van der Waals surface area (Å²) in [6.45, 7) is 21.4. The number of esters is 1. The Morgan fingerprint density at radius 1 is 0.917 bits per heavy atom. The molecule has 0 aromatic heterocycles. The molecule has 6 N–H and O–H groups in total. The number of aliphatic hydroxyl groups is 5. The van der Waals surface area contributed by atoms with Crippen LogP contribution in [0.3, 0.4) is 0 Å². The zero-order chi connectivity index (χ0) is 45.3. The van der Waals surface area contributed by atoms with E-state index in [1.807, 2.05) is 20.8 Å². The Hall–Kier alpha value is -1.58. The van der Waals surface area contributed by atoms with Crippen molar-refractivity contribution in [2.45, 2.75) is 205 Å². The van der Waals surface area contributed by atoms with Gasteiger partial charge in [-0.25, -0.2) is 0 Å². The lowest BCUT2D eigenvalue weighted by Crippen LogP contribution is -2.61. The highest BCUT2D eigenvalue weighted by Crippen LogP contribution is 2.41. The fourth-order valence-corrected chi connectivity index (χ4v) is 9.09. The largest absolute Gasteiger partial charge is 0.459 e. The van der Waals surface area contributed by atoms with Crippen molar-refractivity contribution >= 4 is 11.7 Å². The second kappa shape index (κ2) is 22.9. The number of nitrogens with one attached hydrogen (secondary N) is 1. The molecule has 3 aliphatic rings. The van der Waals surface area contributed by atoms with Crippen LogP contribution in [0.1, 0.15) is 115 Å². The van der Waals surface area contributed by atoms with Crippen molar-refractivity contribution in [2.24, 2.45) is 28.8 Å². The highest BCUT2D eigenvalue weighted by Gasteiger charge is 2.53. The minimum absolute atomic E-state index is 0.0332. The van der Waals surface area contributed by atoms with E-state index in [-0.39, 0.29) is 50.8 Å².